The van der Waals surface area contributed by atoms with Crippen molar-refractivity contribution in [2.24, 2.45) is 0 Å². The lowest BCUT2D eigenvalue weighted by Crippen LogP contribution is -2.72. The summed E-state index contributed by atoms with van der Waals surface area (Å²) in [7, 11) is 1.19. The molecule has 200 valence electrons. The molecule has 1 saturated heterocycles. The Morgan fingerprint density at radius 3 is 2.08 bits per heavy atom. The number of esters is 3. The summed E-state index contributed by atoms with van der Waals surface area (Å²) in [5, 5.41) is 2.67. The highest BCUT2D eigenvalue weighted by atomic mass is 16.6. The number of nitrogens with one attached hydrogen (secondary N) is 1. The summed E-state index contributed by atoms with van der Waals surface area (Å²) in [5.41, 5.74) is -1.41. The van der Waals surface area contributed by atoms with Crippen molar-refractivity contribution in [3.63, 3.8) is 0 Å². The summed E-state index contributed by atoms with van der Waals surface area (Å²) in [5.74, 6) is -4.88. The van der Waals surface area contributed by atoms with E-state index in [2.05, 4.69) is 5.32 Å². The van der Waals surface area contributed by atoms with Crippen molar-refractivity contribution in [2.75, 3.05) is 7.11 Å². The number of amides is 2. The molecule has 2 aliphatic heterocycles. The van der Waals surface area contributed by atoms with Gasteiger partial charge in [-0.25, -0.2) is 9.59 Å². The zero-order chi connectivity index (χ0) is 27.7. The molecule has 1 N–H and O–H groups in total. The predicted molar refractivity (Wildman–Crippen MR) is 132 cm³/mol. The molecule has 0 spiro atoms. The summed E-state index contributed by atoms with van der Waals surface area (Å²) in [6.07, 6.45) is 0.451. The van der Waals surface area contributed by atoms with Crippen LogP contribution in [0.1, 0.15) is 65.9 Å². The number of rotatable bonds is 6. The van der Waals surface area contributed by atoms with Crippen LogP contribution in [0.25, 0.3) is 0 Å². The van der Waals surface area contributed by atoms with Crippen LogP contribution in [0.3, 0.4) is 0 Å². The maximum atomic E-state index is 13.4. The fourth-order valence-electron chi connectivity index (χ4n) is 4.34. The molecule has 0 radical (unpaired) electrons. The van der Waals surface area contributed by atoms with Crippen molar-refractivity contribution in [1.82, 2.24) is 10.2 Å². The highest BCUT2D eigenvalue weighted by molar-refractivity contribution is 6.09. The number of benzene rings is 1. The van der Waals surface area contributed by atoms with E-state index in [1.807, 2.05) is 0 Å². The Bertz CT molecular complexity index is 1130. The molecular formula is C27H34N2O8. The lowest BCUT2D eigenvalue weighted by molar-refractivity contribution is -0.164. The number of hydrogen-bond acceptors (Lipinski definition) is 8. The van der Waals surface area contributed by atoms with Crippen molar-refractivity contribution >= 4 is 29.7 Å². The number of hydrogen-bond donors (Lipinski definition) is 1. The molecule has 0 aromatic heterocycles. The smallest absolute Gasteiger partial charge is 0.356 e. The Labute approximate surface area is 216 Å². The molecule has 2 amide bonds. The lowest BCUT2D eigenvalue weighted by atomic mass is 9.83. The van der Waals surface area contributed by atoms with E-state index in [4.69, 9.17) is 14.2 Å². The second-order valence-electron chi connectivity index (χ2n) is 11.0. The molecule has 1 aromatic carbocycles. The van der Waals surface area contributed by atoms with Crippen LogP contribution >= 0.6 is 0 Å². The minimum atomic E-state index is -1.29. The highest BCUT2D eigenvalue weighted by Gasteiger charge is 2.55. The number of carbonyl (C=O) groups excluding carboxylic acids is 5. The van der Waals surface area contributed by atoms with Crippen LogP contribution in [0.2, 0.25) is 0 Å². The summed E-state index contributed by atoms with van der Waals surface area (Å²) in [6.45, 7) is 10.1. The van der Waals surface area contributed by atoms with Gasteiger partial charge in [0.2, 0.25) is 5.91 Å². The van der Waals surface area contributed by atoms with Crippen LogP contribution in [0.5, 0.6) is 0 Å². The van der Waals surface area contributed by atoms with Gasteiger partial charge in [0.25, 0.3) is 5.91 Å². The van der Waals surface area contributed by atoms with Gasteiger partial charge in [-0.05, 0) is 59.9 Å². The zero-order valence-electron chi connectivity index (χ0n) is 22.2. The van der Waals surface area contributed by atoms with E-state index in [9.17, 15) is 24.0 Å². The monoisotopic (exact) mass is 514 g/mol. The maximum Gasteiger partial charge on any atom is 0.356 e. The minimum Gasteiger partial charge on any atom is -0.466 e. The Hall–Kier alpha value is -3.69. The third kappa shape index (κ3) is 6.18. The van der Waals surface area contributed by atoms with Gasteiger partial charge in [-0.2, -0.15) is 0 Å². The number of fused-ring (bicyclic) bond motifs is 1. The van der Waals surface area contributed by atoms with Crippen LogP contribution in [-0.4, -0.2) is 65.0 Å². The summed E-state index contributed by atoms with van der Waals surface area (Å²) < 4.78 is 15.7. The molecule has 3 rings (SSSR count). The quantitative estimate of drug-likeness (QED) is 0.265. The average molecular weight is 515 g/mol. The molecule has 1 aromatic rings. The topological polar surface area (TPSA) is 128 Å². The zero-order valence-corrected chi connectivity index (χ0v) is 22.2. The van der Waals surface area contributed by atoms with Gasteiger partial charge >= 0.3 is 17.9 Å². The second kappa shape index (κ2) is 10.4. The minimum absolute atomic E-state index is 0.0436. The van der Waals surface area contributed by atoms with Crippen molar-refractivity contribution in [1.29, 1.82) is 0 Å². The first-order chi connectivity index (χ1) is 17.1. The molecule has 0 bridgehead atoms. The van der Waals surface area contributed by atoms with E-state index in [0.717, 1.165) is 0 Å². The molecule has 1 fully saturated rings. The Kier molecular flexibility index (Phi) is 7.80. The predicted octanol–water partition coefficient (Wildman–Crippen LogP) is 2.37. The fourth-order valence-corrected chi connectivity index (χ4v) is 4.34. The summed E-state index contributed by atoms with van der Waals surface area (Å²) in [4.78, 5) is 66.1. The van der Waals surface area contributed by atoms with Gasteiger partial charge in [-0.3, -0.25) is 19.3 Å². The van der Waals surface area contributed by atoms with Gasteiger partial charge in [0.15, 0.2) is 5.92 Å². The third-order valence-corrected chi connectivity index (χ3v) is 5.80. The van der Waals surface area contributed by atoms with Crippen LogP contribution in [0.4, 0.5) is 0 Å². The summed E-state index contributed by atoms with van der Waals surface area (Å²) in [6, 6.07) is 6.84. The average Bonchev–Trinajstić information content (AvgIpc) is 2.79. The molecule has 10 nitrogen and oxygen atoms in total. The van der Waals surface area contributed by atoms with Crippen molar-refractivity contribution in [2.45, 2.75) is 83.6 Å². The maximum absolute atomic E-state index is 13.4. The fraction of sp³-hybridized carbons (Fsp3) is 0.519. The Morgan fingerprint density at radius 2 is 1.54 bits per heavy atom. The van der Waals surface area contributed by atoms with Crippen molar-refractivity contribution < 1.29 is 38.2 Å². The Morgan fingerprint density at radius 1 is 0.946 bits per heavy atom. The first kappa shape index (κ1) is 27.9. The van der Waals surface area contributed by atoms with Crippen LogP contribution in [0.15, 0.2) is 41.6 Å². The number of ether oxygens (including phenoxy) is 3. The molecule has 10 heteroatoms. The standard InChI is InChI=1S/C27H34N2O8/c1-26(2,3)36-24(33)18(15-11-9-8-10-12-15)21(30)28-19-17-14-13-16(23(32)35-7)20(29(17)22(19)31)25(34)37-27(4,5)6/h8-12,17-19H,13-14H2,1-7H3,(H,28,30)/t17-,18?,19+/m1/s1. The number of methoxy groups -OCH3 is 1. The normalized spacial score (nSPS) is 20.3. The van der Waals surface area contributed by atoms with Crippen LogP contribution in [-0.2, 0) is 38.2 Å². The second-order valence-corrected chi connectivity index (χ2v) is 11.0. The first-order valence-corrected chi connectivity index (χ1v) is 12.1. The molecule has 0 aliphatic carbocycles. The molecular weight excluding hydrogens is 480 g/mol. The van der Waals surface area contributed by atoms with Gasteiger partial charge < -0.3 is 19.5 Å². The van der Waals surface area contributed by atoms with Crippen LogP contribution < -0.4 is 5.32 Å². The van der Waals surface area contributed by atoms with E-state index in [1.54, 1.807) is 71.9 Å². The van der Waals surface area contributed by atoms with Crippen LogP contribution in [0, 0.1) is 0 Å². The van der Waals surface area contributed by atoms with Gasteiger partial charge in [0, 0.05) is 0 Å². The highest BCUT2D eigenvalue weighted by Crippen LogP contribution is 2.38. The summed E-state index contributed by atoms with van der Waals surface area (Å²) >= 11 is 0. The molecule has 37 heavy (non-hydrogen) atoms. The van der Waals surface area contributed by atoms with Crippen molar-refractivity contribution in [3.05, 3.63) is 47.2 Å². The number of β-lactam (4-membered cyclic amide) rings is 1. The van der Waals surface area contributed by atoms with Crippen molar-refractivity contribution in [3.8, 4) is 0 Å². The van der Waals surface area contributed by atoms with E-state index in [0.29, 0.717) is 12.0 Å². The first-order valence-electron chi connectivity index (χ1n) is 12.1. The van der Waals surface area contributed by atoms with E-state index in [-0.39, 0.29) is 17.7 Å². The van der Waals surface area contributed by atoms with Gasteiger partial charge in [-0.15, -0.1) is 0 Å². The van der Waals surface area contributed by atoms with Gasteiger partial charge in [0.1, 0.15) is 22.9 Å². The number of carbonyl (C=O) groups is 5. The molecule has 0 saturated carbocycles. The van der Waals surface area contributed by atoms with E-state index in [1.165, 1.54) is 12.0 Å². The van der Waals surface area contributed by atoms with Gasteiger partial charge in [-0.1, -0.05) is 30.3 Å². The molecule has 2 heterocycles. The lowest BCUT2D eigenvalue weighted by Gasteiger charge is -2.50. The SMILES string of the molecule is COC(=O)C1=C(C(=O)OC(C)(C)C)N2C(=O)[C@@H](NC(=O)C(C(=O)OC(C)(C)C)c3ccccc3)[C@H]2CC1. The van der Waals surface area contributed by atoms with E-state index >= 15 is 0 Å². The third-order valence-electron chi connectivity index (χ3n) is 5.80. The molecule has 3 atom stereocenters. The molecule has 1 unspecified atom stereocenters. The Balaban J connectivity index is 1.87. The largest absolute Gasteiger partial charge is 0.466 e. The number of nitrogens with zero attached hydrogens (tertiary/aromatic N) is 1. The molecule has 2 aliphatic rings. The van der Waals surface area contributed by atoms with E-state index < -0.39 is 58.9 Å². The van der Waals surface area contributed by atoms with Gasteiger partial charge in [0.05, 0.1) is 18.7 Å².